The molecule has 3 heterocycles. The third-order valence-corrected chi connectivity index (χ3v) is 6.44. The second-order valence-electron chi connectivity index (χ2n) is 7.58. The van der Waals surface area contributed by atoms with E-state index in [9.17, 15) is 0 Å². The molecule has 2 aromatic carbocycles. The molecule has 8 nitrogen and oxygen atoms in total. The first-order valence-electron chi connectivity index (χ1n) is 10.6. The van der Waals surface area contributed by atoms with Crippen LogP contribution in [0.3, 0.4) is 0 Å². The Bertz CT molecular complexity index is 1150. The number of aromatic nitrogens is 6. The van der Waals surface area contributed by atoms with E-state index in [1.165, 1.54) is 0 Å². The van der Waals surface area contributed by atoms with E-state index < -0.39 is 0 Å². The van der Waals surface area contributed by atoms with Gasteiger partial charge in [-0.05, 0) is 59.7 Å². The minimum absolute atomic E-state index is 0.188. The first-order chi connectivity index (χ1) is 15.8. The van der Waals surface area contributed by atoms with Crippen LogP contribution in [0.15, 0.2) is 66.0 Å². The molecule has 0 N–H and O–H groups in total. The summed E-state index contributed by atoms with van der Waals surface area (Å²) in [6, 6.07) is 18.1. The molecule has 1 fully saturated rings. The molecule has 9 heteroatoms. The van der Waals surface area contributed by atoms with Crippen LogP contribution in [0.25, 0.3) is 16.9 Å². The van der Waals surface area contributed by atoms with E-state index in [2.05, 4.69) is 21.7 Å². The number of hydrogen-bond acceptors (Lipinski definition) is 7. The van der Waals surface area contributed by atoms with Gasteiger partial charge in [0.05, 0.1) is 31.1 Å². The zero-order valence-electron chi connectivity index (χ0n) is 17.8. The lowest BCUT2D eigenvalue weighted by molar-refractivity contribution is 0.0912. The van der Waals surface area contributed by atoms with Gasteiger partial charge in [-0.1, -0.05) is 30.0 Å². The fraction of sp³-hybridized carbons (Fsp3) is 0.304. The Kier molecular flexibility index (Phi) is 6.17. The average Bonchev–Trinajstić information content (AvgIpc) is 3.60. The van der Waals surface area contributed by atoms with E-state index in [0.717, 1.165) is 52.9 Å². The van der Waals surface area contributed by atoms with Crippen LogP contribution >= 0.6 is 11.8 Å². The quantitative estimate of drug-likeness (QED) is 0.377. The van der Waals surface area contributed by atoms with Gasteiger partial charge in [0.25, 0.3) is 0 Å². The SMILES string of the molecule is COc1ccc(-c2nn(-c3ccccc3)cc2CSc2nnnn2CC2CCCO2)cc1. The molecule has 2 aromatic heterocycles. The van der Waals surface area contributed by atoms with E-state index in [1.807, 2.05) is 64.0 Å². The topological polar surface area (TPSA) is 79.9 Å². The van der Waals surface area contributed by atoms with E-state index in [4.69, 9.17) is 14.6 Å². The Labute approximate surface area is 190 Å². The third kappa shape index (κ3) is 4.53. The smallest absolute Gasteiger partial charge is 0.209 e. The van der Waals surface area contributed by atoms with Gasteiger partial charge in [-0.25, -0.2) is 9.36 Å². The van der Waals surface area contributed by atoms with E-state index in [-0.39, 0.29) is 6.10 Å². The van der Waals surface area contributed by atoms with Crippen LogP contribution < -0.4 is 4.74 Å². The molecule has 1 atom stereocenters. The molecule has 32 heavy (non-hydrogen) atoms. The van der Waals surface area contributed by atoms with Gasteiger partial charge in [-0.3, -0.25) is 0 Å². The molecule has 0 bridgehead atoms. The maximum atomic E-state index is 5.74. The number of rotatable bonds is 8. The first-order valence-corrected chi connectivity index (χ1v) is 11.6. The summed E-state index contributed by atoms with van der Waals surface area (Å²) in [6.45, 7) is 1.50. The summed E-state index contributed by atoms with van der Waals surface area (Å²) in [6.07, 6.45) is 4.42. The van der Waals surface area contributed by atoms with Gasteiger partial charge in [0.1, 0.15) is 5.75 Å². The summed E-state index contributed by atoms with van der Waals surface area (Å²) in [7, 11) is 1.67. The minimum Gasteiger partial charge on any atom is -0.497 e. The van der Waals surface area contributed by atoms with Crippen LogP contribution in [0.1, 0.15) is 18.4 Å². The summed E-state index contributed by atoms with van der Waals surface area (Å²) in [4.78, 5) is 0. The molecule has 1 aliphatic heterocycles. The lowest BCUT2D eigenvalue weighted by Crippen LogP contribution is -2.16. The molecule has 0 aliphatic carbocycles. The standard InChI is InChI=1S/C23H24N6O2S/c1-30-20-11-9-17(10-12-20)22-18(14-28(25-22)19-6-3-2-4-7-19)16-32-23-24-26-27-29(23)15-21-8-5-13-31-21/h2-4,6-7,9-12,14,21H,5,8,13,15-16H2,1H3. The molecule has 1 saturated heterocycles. The molecule has 0 radical (unpaired) electrons. The summed E-state index contributed by atoms with van der Waals surface area (Å²) >= 11 is 1.61. The van der Waals surface area contributed by atoms with Crippen molar-refractivity contribution in [3.63, 3.8) is 0 Å². The van der Waals surface area contributed by atoms with Crippen molar-refractivity contribution in [2.75, 3.05) is 13.7 Å². The van der Waals surface area contributed by atoms with Gasteiger partial charge in [-0.2, -0.15) is 5.10 Å². The molecule has 1 unspecified atom stereocenters. The average molecular weight is 449 g/mol. The number of ether oxygens (including phenoxy) is 2. The zero-order valence-corrected chi connectivity index (χ0v) is 18.6. The van der Waals surface area contributed by atoms with Gasteiger partial charge in [0, 0.05) is 29.7 Å². The number of nitrogens with zero attached hydrogens (tertiary/aromatic N) is 6. The highest BCUT2D eigenvalue weighted by atomic mass is 32.2. The summed E-state index contributed by atoms with van der Waals surface area (Å²) in [5.41, 5.74) is 4.09. The molecular weight excluding hydrogens is 424 g/mol. The number of thioether (sulfide) groups is 1. The molecule has 0 amide bonds. The number of hydrogen-bond donors (Lipinski definition) is 0. The lowest BCUT2D eigenvalue weighted by atomic mass is 10.1. The molecule has 0 spiro atoms. The fourth-order valence-electron chi connectivity index (χ4n) is 3.76. The van der Waals surface area contributed by atoms with Gasteiger partial charge in [0.2, 0.25) is 5.16 Å². The monoisotopic (exact) mass is 448 g/mol. The Morgan fingerprint density at radius 1 is 1.12 bits per heavy atom. The van der Waals surface area contributed by atoms with Crippen LogP contribution in [0.5, 0.6) is 5.75 Å². The van der Waals surface area contributed by atoms with Crippen LogP contribution in [-0.4, -0.2) is 49.8 Å². The molecule has 1 aliphatic rings. The van der Waals surface area contributed by atoms with Gasteiger partial charge < -0.3 is 9.47 Å². The van der Waals surface area contributed by atoms with Gasteiger partial charge >= 0.3 is 0 Å². The van der Waals surface area contributed by atoms with Crippen LogP contribution in [-0.2, 0) is 17.0 Å². The van der Waals surface area contributed by atoms with Gasteiger partial charge in [-0.15, -0.1) is 5.10 Å². The number of tetrazole rings is 1. The number of para-hydroxylation sites is 1. The van der Waals surface area contributed by atoms with Crippen LogP contribution in [0.2, 0.25) is 0 Å². The Balaban J connectivity index is 1.41. The van der Waals surface area contributed by atoms with Crippen molar-refractivity contribution in [3.8, 4) is 22.7 Å². The van der Waals surface area contributed by atoms with Crippen molar-refractivity contribution in [3.05, 3.63) is 66.4 Å². The predicted molar refractivity (Wildman–Crippen MR) is 122 cm³/mol. The van der Waals surface area contributed by atoms with E-state index >= 15 is 0 Å². The van der Waals surface area contributed by atoms with E-state index in [1.54, 1.807) is 18.9 Å². The Hall–Kier alpha value is -3.17. The number of methoxy groups -OCH3 is 1. The van der Waals surface area contributed by atoms with Crippen molar-refractivity contribution in [1.29, 1.82) is 0 Å². The summed E-state index contributed by atoms with van der Waals surface area (Å²) in [5, 5.41) is 18.0. The van der Waals surface area contributed by atoms with Crippen molar-refractivity contribution in [1.82, 2.24) is 30.0 Å². The molecule has 0 saturated carbocycles. The fourth-order valence-corrected chi connectivity index (χ4v) is 4.61. The molecule has 5 rings (SSSR count). The van der Waals surface area contributed by atoms with Crippen molar-refractivity contribution < 1.29 is 9.47 Å². The normalized spacial score (nSPS) is 15.8. The zero-order chi connectivity index (χ0) is 21.8. The largest absolute Gasteiger partial charge is 0.497 e. The van der Waals surface area contributed by atoms with E-state index in [0.29, 0.717) is 12.3 Å². The van der Waals surface area contributed by atoms with Crippen LogP contribution in [0, 0.1) is 0 Å². The maximum Gasteiger partial charge on any atom is 0.209 e. The Morgan fingerprint density at radius 2 is 1.97 bits per heavy atom. The molecular formula is C23H24N6O2S. The third-order valence-electron chi connectivity index (χ3n) is 5.43. The molecule has 164 valence electrons. The maximum absolute atomic E-state index is 5.74. The van der Waals surface area contributed by atoms with Gasteiger partial charge in [0.15, 0.2) is 0 Å². The second-order valence-corrected chi connectivity index (χ2v) is 8.52. The summed E-state index contributed by atoms with van der Waals surface area (Å²) in [5.74, 6) is 1.51. The Morgan fingerprint density at radius 3 is 2.72 bits per heavy atom. The van der Waals surface area contributed by atoms with Crippen molar-refractivity contribution in [2.45, 2.75) is 36.4 Å². The number of benzene rings is 2. The highest BCUT2D eigenvalue weighted by molar-refractivity contribution is 7.98. The highest BCUT2D eigenvalue weighted by Gasteiger charge is 2.20. The predicted octanol–water partition coefficient (Wildman–Crippen LogP) is 4.01. The highest BCUT2D eigenvalue weighted by Crippen LogP contribution is 2.30. The first kappa shape index (κ1) is 20.7. The molecule has 4 aromatic rings. The van der Waals surface area contributed by atoms with Crippen molar-refractivity contribution >= 4 is 11.8 Å². The van der Waals surface area contributed by atoms with Crippen molar-refractivity contribution in [2.24, 2.45) is 0 Å². The summed E-state index contributed by atoms with van der Waals surface area (Å²) < 4.78 is 14.8. The van der Waals surface area contributed by atoms with Crippen LogP contribution in [0.4, 0.5) is 0 Å². The minimum atomic E-state index is 0.188. The lowest BCUT2D eigenvalue weighted by Gasteiger charge is -2.10. The second kappa shape index (κ2) is 9.54.